The monoisotopic (exact) mass is 260 g/mol. The van der Waals surface area contributed by atoms with Crippen LogP contribution in [0.5, 0.6) is 5.75 Å². The Morgan fingerprint density at radius 1 is 1.11 bits per heavy atom. The summed E-state index contributed by atoms with van der Waals surface area (Å²) >= 11 is 0. The normalized spacial score (nSPS) is 27.2. The molecular weight excluding hydrogens is 236 g/mol. The number of nitrogens with zero attached hydrogens (tertiary/aromatic N) is 1. The number of nitrogen functional groups attached to an aromatic ring is 1. The van der Waals surface area contributed by atoms with Crippen molar-refractivity contribution >= 4 is 5.69 Å². The van der Waals surface area contributed by atoms with Crippen LogP contribution in [0.3, 0.4) is 0 Å². The Balaban J connectivity index is 1.46. The third kappa shape index (κ3) is 3.03. The molecular formula is C16H24N2O. The van der Waals surface area contributed by atoms with Crippen molar-refractivity contribution in [2.75, 3.05) is 25.4 Å². The summed E-state index contributed by atoms with van der Waals surface area (Å²) in [5.74, 6) is 1.89. The highest BCUT2D eigenvalue weighted by Gasteiger charge is 2.35. The highest BCUT2D eigenvalue weighted by molar-refractivity contribution is 5.41. The lowest BCUT2D eigenvalue weighted by Crippen LogP contribution is -2.37. The van der Waals surface area contributed by atoms with Crippen LogP contribution in [0.4, 0.5) is 5.69 Å². The molecule has 1 saturated heterocycles. The number of nitrogens with two attached hydrogens (primary N) is 1. The molecule has 19 heavy (non-hydrogen) atoms. The Labute approximate surface area is 115 Å². The maximum absolute atomic E-state index is 5.81. The van der Waals surface area contributed by atoms with Crippen molar-refractivity contribution in [3.8, 4) is 5.75 Å². The van der Waals surface area contributed by atoms with Crippen molar-refractivity contribution < 1.29 is 4.74 Å². The van der Waals surface area contributed by atoms with E-state index in [1.165, 1.54) is 38.6 Å². The third-order valence-corrected chi connectivity index (χ3v) is 4.65. The van der Waals surface area contributed by atoms with E-state index in [1.807, 2.05) is 24.3 Å². The van der Waals surface area contributed by atoms with Crippen LogP contribution in [-0.2, 0) is 0 Å². The maximum atomic E-state index is 5.81. The SMILES string of the molecule is Nc1ccc(OCCN2CCC3CCCCC32)cc1. The average molecular weight is 260 g/mol. The highest BCUT2D eigenvalue weighted by atomic mass is 16.5. The van der Waals surface area contributed by atoms with E-state index in [-0.39, 0.29) is 0 Å². The minimum atomic E-state index is 0.785. The molecule has 0 radical (unpaired) electrons. The van der Waals surface area contributed by atoms with Crippen molar-refractivity contribution in [2.45, 2.75) is 38.1 Å². The van der Waals surface area contributed by atoms with Crippen LogP contribution < -0.4 is 10.5 Å². The summed E-state index contributed by atoms with van der Waals surface area (Å²) in [5, 5.41) is 0. The van der Waals surface area contributed by atoms with Gasteiger partial charge in [-0.2, -0.15) is 0 Å². The molecule has 1 aromatic rings. The van der Waals surface area contributed by atoms with Gasteiger partial charge in [0.2, 0.25) is 0 Å². The van der Waals surface area contributed by atoms with Gasteiger partial charge in [-0.05, 0) is 56.0 Å². The quantitative estimate of drug-likeness (QED) is 0.846. The van der Waals surface area contributed by atoms with Crippen molar-refractivity contribution in [2.24, 2.45) is 5.92 Å². The molecule has 0 amide bonds. The number of anilines is 1. The number of likely N-dealkylation sites (tertiary alicyclic amines) is 1. The van der Waals surface area contributed by atoms with Gasteiger partial charge in [-0.3, -0.25) is 4.90 Å². The number of hydrogen-bond acceptors (Lipinski definition) is 3. The average Bonchev–Trinajstić information content (AvgIpc) is 2.85. The van der Waals surface area contributed by atoms with E-state index in [0.717, 1.165) is 36.5 Å². The summed E-state index contributed by atoms with van der Waals surface area (Å²) in [6.07, 6.45) is 7.09. The zero-order valence-corrected chi connectivity index (χ0v) is 11.6. The summed E-state index contributed by atoms with van der Waals surface area (Å²) in [5.41, 5.74) is 6.45. The first-order valence-electron chi connectivity index (χ1n) is 7.55. The first-order valence-corrected chi connectivity index (χ1v) is 7.55. The molecule has 0 bridgehead atoms. The summed E-state index contributed by atoms with van der Waals surface area (Å²) in [6, 6.07) is 8.51. The summed E-state index contributed by atoms with van der Waals surface area (Å²) in [7, 11) is 0. The molecule has 104 valence electrons. The molecule has 3 heteroatoms. The van der Waals surface area contributed by atoms with E-state index in [2.05, 4.69) is 4.90 Å². The van der Waals surface area contributed by atoms with E-state index in [0.29, 0.717) is 0 Å². The Morgan fingerprint density at radius 2 is 1.89 bits per heavy atom. The standard InChI is InChI=1S/C16H24N2O/c17-14-5-7-15(8-6-14)19-12-11-18-10-9-13-3-1-2-4-16(13)18/h5-8,13,16H,1-4,9-12,17H2. The Morgan fingerprint density at radius 3 is 2.74 bits per heavy atom. The van der Waals surface area contributed by atoms with Gasteiger partial charge in [-0.1, -0.05) is 12.8 Å². The van der Waals surface area contributed by atoms with Gasteiger partial charge >= 0.3 is 0 Å². The molecule has 2 N–H and O–H groups in total. The van der Waals surface area contributed by atoms with Crippen LogP contribution >= 0.6 is 0 Å². The van der Waals surface area contributed by atoms with Gasteiger partial charge < -0.3 is 10.5 Å². The van der Waals surface area contributed by atoms with Crippen LogP contribution in [0.15, 0.2) is 24.3 Å². The van der Waals surface area contributed by atoms with E-state index >= 15 is 0 Å². The summed E-state index contributed by atoms with van der Waals surface area (Å²) in [4.78, 5) is 2.64. The number of hydrogen-bond donors (Lipinski definition) is 1. The van der Waals surface area contributed by atoms with Gasteiger partial charge in [-0.25, -0.2) is 0 Å². The van der Waals surface area contributed by atoms with Gasteiger partial charge in [0.15, 0.2) is 0 Å². The third-order valence-electron chi connectivity index (χ3n) is 4.65. The Hall–Kier alpha value is -1.22. The molecule has 3 rings (SSSR count). The topological polar surface area (TPSA) is 38.5 Å². The van der Waals surface area contributed by atoms with Gasteiger partial charge in [0.05, 0.1) is 0 Å². The lowest BCUT2D eigenvalue weighted by Gasteiger charge is -2.31. The molecule has 1 saturated carbocycles. The van der Waals surface area contributed by atoms with Crippen molar-refractivity contribution in [1.82, 2.24) is 4.90 Å². The minimum Gasteiger partial charge on any atom is -0.492 e. The molecule has 2 fully saturated rings. The molecule has 1 aliphatic carbocycles. The Bertz CT molecular complexity index is 404. The molecule has 2 atom stereocenters. The van der Waals surface area contributed by atoms with E-state index in [9.17, 15) is 0 Å². The fraction of sp³-hybridized carbons (Fsp3) is 0.625. The fourth-order valence-corrected chi connectivity index (χ4v) is 3.63. The van der Waals surface area contributed by atoms with Crippen LogP contribution in [0.2, 0.25) is 0 Å². The minimum absolute atomic E-state index is 0.785. The first-order chi connectivity index (χ1) is 9.33. The zero-order valence-electron chi connectivity index (χ0n) is 11.6. The number of benzene rings is 1. The number of ether oxygens (including phenoxy) is 1. The molecule has 1 aliphatic heterocycles. The van der Waals surface area contributed by atoms with Gasteiger partial charge in [-0.15, -0.1) is 0 Å². The smallest absolute Gasteiger partial charge is 0.119 e. The molecule has 3 nitrogen and oxygen atoms in total. The fourth-order valence-electron chi connectivity index (χ4n) is 3.63. The number of rotatable bonds is 4. The molecule has 2 aliphatic rings. The molecule has 0 aromatic heterocycles. The second-order valence-corrected chi connectivity index (χ2v) is 5.85. The van der Waals surface area contributed by atoms with Gasteiger partial charge in [0, 0.05) is 18.3 Å². The molecule has 0 spiro atoms. The van der Waals surface area contributed by atoms with E-state index in [4.69, 9.17) is 10.5 Å². The van der Waals surface area contributed by atoms with Gasteiger partial charge in [0.1, 0.15) is 12.4 Å². The zero-order chi connectivity index (χ0) is 13.1. The second-order valence-electron chi connectivity index (χ2n) is 5.85. The maximum Gasteiger partial charge on any atom is 0.119 e. The predicted molar refractivity (Wildman–Crippen MR) is 78.3 cm³/mol. The highest BCUT2D eigenvalue weighted by Crippen LogP contribution is 2.35. The van der Waals surface area contributed by atoms with E-state index in [1.54, 1.807) is 0 Å². The summed E-state index contributed by atoms with van der Waals surface area (Å²) in [6.45, 7) is 3.11. The lowest BCUT2D eigenvalue weighted by atomic mass is 9.85. The largest absolute Gasteiger partial charge is 0.492 e. The lowest BCUT2D eigenvalue weighted by molar-refractivity contribution is 0.154. The molecule has 1 heterocycles. The van der Waals surface area contributed by atoms with Crippen LogP contribution in [0.1, 0.15) is 32.1 Å². The van der Waals surface area contributed by atoms with Crippen molar-refractivity contribution in [3.05, 3.63) is 24.3 Å². The Kier molecular flexibility index (Phi) is 3.92. The first kappa shape index (κ1) is 12.8. The van der Waals surface area contributed by atoms with Crippen molar-refractivity contribution in [3.63, 3.8) is 0 Å². The van der Waals surface area contributed by atoms with E-state index < -0.39 is 0 Å². The predicted octanol–water partition coefficient (Wildman–Crippen LogP) is 2.91. The van der Waals surface area contributed by atoms with Crippen LogP contribution in [-0.4, -0.2) is 30.6 Å². The summed E-state index contributed by atoms with van der Waals surface area (Å²) < 4.78 is 5.81. The number of fused-ring (bicyclic) bond motifs is 1. The van der Waals surface area contributed by atoms with Crippen LogP contribution in [0.25, 0.3) is 0 Å². The molecule has 2 unspecified atom stereocenters. The molecule has 1 aromatic carbocycles. The second kappa shape index (κ2) is 5.83. The van der Waals surface area contributed by atoms with Gasteiger partial charge in [0.25, 0.3) is 0 Å². The van der Waals surface area contributed by atoms with Crippen molar-refractivity contribution in [1.29, 1.82) is 0 Å². The van der Waals surface area contributed by atoms with Crippen LogP contribution in [0, 0.1) is 5.92 Å².